The molecule has 6 nitrogen and oxygen atoms in total. The van der Waals surface area contributed by atoms with Gasteiger partial charge in [0.1, 0.15) is 17.9 Å². The number of aromatic nitrogens is 2. The summed E-state index contributed by atoms with van der Waals surface area (Å²) in [5.74, 6) is 1.28. The van der Waals surface area contributed by atoms with E-state index in [1.54, 1.807) is 18.0 Å². The van der Waals surface area contributed by atoms with Gasteiger partial charge in [0.2, 0.25) is 0 Å². The van der Waals surface area contributed by atoms with Crippen LogP contribution in [0.4, 0.5) is 5.69 Å². The van der Waals surface area contributed by atoms with Crippen molar-refractivity contribution in [2.24, 2.45) is 0 Å². The van der Waals surface area contributed by atoms with E-state index < -0.39 is 5.54 Å². The van der Waals surface area contributed by atoms with Crippen LogP contribution in [0, 0.1) is 0 Å². The molecule has 0 amide bonds. The third-order valence-corrected chi connectivity index (χ3v) is 3.30. The maximum Gasteiger partial charge on any atom is 0.141 e. The number of nitrogens with one attached hydrogen (secondary N) is 1. The predicted octanol–water partition coefficient (Wildman–Crippen LogP) is 1.93. The van der Waals surface area contributed by atoms with Gasteiger partial charge >= 0.3 is 0 Å². The Balaban J connectivity index is 2.21. The van der Waals surface area contributed by atoms with Crippen LogP contribution in [0.15, 0.2) is 37.3 Å². The minimum atomic E-state index is -0.452. The van der Waals surface area contributed by atoms with Crippen molar-refractivity contribution in [1.82, 2.24) is 14.9 Å². The molecule has 1 heterocycles. The molecule has 0 aliphatic carbocycles. The first kappa shape index (κ1) is 15.9. The van der Waals surface area contributed by atoms with Crippen molar-refractivity contribution in [3.05, 3.63) is 37.3 Å². The molecule has 4 N–H and O–H groups in total. The molecule has 0 aliphatic heterocycles. The lowest BCUT2D eigenvalue weighted by Crippen LogP contribution is -2.42. The highest BCUT2D eigenvalue weighted by Crippen LogP contribution is 2.27. The second kappa shape index (κ2) is 6.11. The van der Waals surface area contributed by atoms with Crippen LogP contribution in [0.25, 0.3) is 17.1 Å². The number of benzene rings is 1. The van der Waals surface area contributed by atoms with E-state index >= 15 is 0 Å². The Morgan fingerprint density at radius 3 is 2.82 bits per heavy atom. The first-order chi connectivity index (χ1) is 10.4. The number of nitrogens with two attached hydrogens (primary N) is 1. The van der Waals surface area contributed by atoms with E-state index in [1.165, 1.54) is 0 Å². The van der Waals surface area contributed by atoms with Crippen LogP contribution in [-0.2, 0) is 0 Å². The number of aliphatic hydroxyl groups is 1. The molecule has 1 aromatic heterocycles. The zero-order valence-corrected chi connectivity index (χ0v) is 13.1. The lowest BCUT2D eigenvalue weighted by molar-refractivity contribution is 0.203. The standard InChI is InChI=1S/C16H22N4O2/c1-11(19-16(2,3)9-21)20-8-14(18-10-20)12-5-6-15(22-4)13(17)7-12/h5-8,10,19,21H,1,9,17H2,2-4H3. The van der Waals surface area contributed by atoms with Gasteiger partial charge in [-0.15, -0.1) is 0 Å². The van der Waals surface area contributed by atoms with Crippen LogP contribution in [-0.4, -0.2) is 33.9 Å². The highest BCUT2D eigenvalue weighted by molar-refractivity contribution is 5.68. The first-order valence-electron chi connectivity index (χ1n) is 6.92. The molecule has 1 aromatic carbocycles. The summed E-state index contributed by atoms with van der Waals surface area (Å²) < 4.78 is 6.92. The number of anilines is 1. The largest absolute Gasteiger partial charge is 0.495 e. The lowest BCUT2D eigenvalue weighted by Gasteiger charge is -2.26. The van der Waals surface area contributed by atoms with E-state index in [9.17, 15) is 5.11 Å². The molecule has 0 saturated heterocycles. The maximum absolute atomic E-state index is 9.30. The minimum absolute atomic E-state index is 0.00257. The second-order valence-corrected chi connectivity index (χ2v) is 5.74. The highest BCUT2D eigenvalue weighted by Gasteiger charge is 2.17. The topological polar surface area (TPSA) is 85.3 Å². The number of hydrogen-bond donors (Lipinski definition) is 3. The zero-order chi connectivity index (χ0) is 16.3. The number of nitrogens with zero attached hydrogens (tertiary/aromatic N) is 2. The third-order valence-electron chi connectivity index (χ3n) is 3.30. The molecule has 0 saturated carbocycles. The fourth-order valence-electron chi connectivity index (χ4n) is 2.01. The van der Waals surface area contributed by atoms with Crippen molar-refractivity contribution in [2.75, 3.05) is 19.5 Å². The Morgan fingerprint density at radius 2 is 2.23 bits per heavy atom. The predicted molar refractivity (Wildman–Crippen MR) is 88.3 cm³/mol. The van der Waals surface area contributed by atoms with Gasteiger partial charge in [-0.2, -0.15) is 0 Å². The van der Waals surface area contributed by atoms with Gasteiger partial charge in [-0.05, 0) is 32.0 Å². The van der Waals surface area contributed by atoms with Crippen molar-refractivity contribution in [3.63, 3.8) is 0 Å². The average molecular weight is 302 g/mol. The molecule has 0 aliphatic rings. The number of methoxy groups -OCH3 is 1. The van der Waals surface area contributed by atoms with Gasteiger partial charge in [-0.1, -0.05) is 6.58 Å². The Hall–Kier alpha value is -2.47. The molecule has 22 heavy (non-hydrogen) atoms. The van der Waals surface area contributed by atoms with Crippen LogP contribution in [0.3, 0.4) is 0 Å². The smallest absolute Gasteiger partial charge is 0.141 e. The van der Waals surface area contributed by atoms with E-state index in [2.05, 4.69) is 16.9 Å². The summed E-state index contributed by atoms with van der Waals surface area (Å²) in [4.78, 5) is 4.36. The number of aliphatic hydroxyl groups excluding tert-OH is 1. The van der Waals surface area contributed by atoms with Crippen LogP contribution in [0.1, 0.15) is 13.8 Å². The van der Waals surface area contributed by atoms with Gasteiger partial charge in [0.25, 0.3) is 0 Å². The Kier molecular flexibility index (Phi) is 4.42. The maximum atomic E-state index is 9.30. The third kappa shape index (κ3) is 3.40. The average Bonchev–Trinajstić information content (AvgIpc) is 2.96. The van der Waals surface area contributed by atoms with Gasteiger partial charge < -0.3 is 20.9 Å². The van der Waals surface area contributed by atoms with Crippen LogP contribution in [0.5, 0.6) is 5.75 Å². The molecule has 0 unspecified atom stereocenters. The molecule has 0 atom stereocenters. The number of nitrogen functional groups attached to an aromatic ring is 1. The molecule has 0 bridgehead atoms. The summed E-state index contributed by atoms with van der Waals surface area (Å²) in [5, 5.41) is 12.4. The normalized spacial score (nSPS) is 11.3. The summed E-state index contributed by atoms with van der Waals surface area (Å²) in [6.45, 7) is 7.75. The number of ether oxygens (including phenoxy) is 1. The fraction of sp³-hybridized carbons (Fsp3) is 0.312. The Labute approximate surface area is 130 Å². The van der Waals surface area contributed by atoms with Crippen molar-refractivity contribution >= 4 is 11.5 Å². The summed E-state index contributed by atoms with van der Waals surface area (Å²) in [6, 6.07) is 5.53. The summed E-state index contributed by atoms with van der Waals surface area (Å²) in [5.41, 5.74) is 7.70. The van der Waals surface area contributed by atoms with Gasteiger partial charge in [-0.25, -0.2) is 4.98 Å². The molecular formula is C16H22N4O2. The van der Waals surface area contributed by atoms with Gasteiger partial charge in [0.05, 0.1) is 30.6 Å². The first-order valence-corrected chi connectivity index (χ1v) is 6.92. The van der Waals surface area contributed by atoms with E-state index in [1.807, 2.05) is 38.2 Å². The zero-order valence-electron chi connectivity index (χ0n) is 13.1. The fourth-order valence-corrected chi connectivity index (χ4v) is 2.01. The molecule has 0 radical (unpaired) electrons. The summed E-state index contributed by atoms with van der Waals surface area (Å²) in [6.07, 6.45) is 3.52. The van der Waals surface area contributed by atoms with Crippen molar-refractivity contribution in [3.8, 4) is 17.0 Å². The minimum Gasteiger partial charge on any atom is -0.495 e. The van der Waals surface area contributed by atoms with Crippen LogP contribution >= 0.6 is 0 Å². The van der Waals surface area contributed by atoms with Gasteiger partial charge in [0, 0.05) is 11.8 Å². The summed E-state index contributed by atoms with van der Waals surface area (Å²) in [7, 11) is 1.58. The second-order valence-electron chi connectivity index (χ2n) is 5.74. The number of rotatable bonds is 6. The van der Waals surface area contributed by atoms with E-state index in [0.717, 1.165) is 11.3 Å². The van der Waals surface area contributed by atoms with Crippen LogP contribution in [0.2, 0.25) is 0 Å². The summed E-state index contributed by atoms with van der Waals surface area (Å²) >= 11 is 0. The number of imidazole rings is 1. The van der Waals surface area contributed by atoms with E-state index in [-0.39, 0.29) is 6.61 Å². The molecule has 2 aromatic rings. The van der Waals surface area contributed by atoms with Crippen molar-refractivity contribution in [1.29, 1.82) is 0 Å². The monoisotopic (exact) mass is 302 g/mol. The highest BCUT2D eigenvalue weighted by atomic mass is 16.5. The molecular weight excluding hydrogens is 280 g/mol. The van der Waals surface area contributed by atoms with Crippen molar-refractivity contribution in [2.45, 2.75) is 19.4 Å². The van der Waals surface area contributed by atoms with Crippen LogP contribution < -0.4 is 15.8 Å². The quantitative estimate of drug-likeness (QED) is 0.710. The molecule has 2 rings (SSSR count). The number of hydrogen-bond acceptors (Lipinski definition) is 5. The van der Waals surface area contributed by atoms with E-state index in [0.29, 0.717) is 17.3 Å². The van der Waals surface area contributed by atoms with Gasteiger partial charge in [-0.3, -0.25) is 4.57 Å². The van der Waals surface area contributed by atoms with Gasteiger partial charge in [0.15, 0.2) is 0 Å². The van der Waals surface area contributed by atoms with E-state index in [4.69, 9.17) is 10.5 Å². The molecule has 6 heteroatoms. The Bertz CT molecular complexity index is 677. The van der Waals surface area contributed by atoms with Crippen molar-refractivity contribution < 1.29 is 9.84 Å². The molecule has 0 fully saturated rings. The Morgan fingerprint density at radius 1 is 1.50 bits per heavy atom. The molecule has 118 valence electrons. The lowest BCUT2D eigenvalue weighted by atomic mass is 10.1. The molecule has 0 spiro atoms. The SMILES string of the molecule is C=C(NC(C)(C)CO)n1cnc(-c2ccc(OC)c(N)c2)c1.